The van der Waals surface area contributed by atoms with Crippen molar-refractivity contribution < 1.29 is 14.3 Å². The van der Waals surface area contributed by atoms with Gasteiger partial charge in [-0.05, 0) is 99.0 Å². The van der Waals surface area contributed by atoms with Crippen molar-refractivity contribution >= 4 is 11.8 Å². The van der Waals surface area contributed by atoms with Crippen molar-refractivity contribution in [3.8, 4) is 0 Å². The van der Waals surface area contributed by atoms with Crippen molar-refractivity contribution in [2.45, 2.75) is 70.3 Å². The smallest absolute Gasteiger partial charge is 0.331 e. The van der Waals surface area contributed by atoms with E-state index >= 15 is 0 Å². The average Bonchev–Trinajstić information content (AvgIpc) is 3.36. The summed E-state index contributed by atoms with van der Waals surface area (Å²) < 4.78 is 5.99. The molecule has 7 atom stereocenters. The first-order valence-electron chi connectivity index (χ1n) is 11.2. The number of esters is 1. The minimum absolute atomic E-state index is 0.0929. The van der Waals surface area contributed by atoms with Crippen LogP contribution in [0.25, 0.3) is 0 Å². The van der Waals surface area contributed by atoms with E-state index in [0.717, 1.165) is 55.8 Å². The zero-order chi connectivity index (χ0) is 18.4. The van der Waals surface area contributed by atoms with Gasteiger partial charge in [0.2, 0.25) is 0 Å². The van der Waals surface area contributed by atoms with Crippen LogP contribution in [0.2, 0.25) is 0 Å². The lowest BCUT2D eigenvalue weighted by Gasteiger charge is -2.58. The second-order valence-corrected chi connectivity index (χ2v) is 10.5. The summed E-state index contributed by atoms with van der Waals surface area (Å²) in [5, 5.41) is 0. The molecule has 0 aromatic carbocycles. The summed E-state index contributed by atoms with van der Waals surface area (Å²) in [6, 6.07) is 0. The predicted octanol–water partition coefficient (Wildman–Crippen LogP) is 4.62. The van der Waals surface area contributed by atoms with Crippen LogP contribution >= 0.6 is 0 Å². The van der Waals surface area contributed by atoms with Gasteiger partial charge in [0, 0.05) is 17.9 Å². The predicted molar refractivity (Wildman–Crippen MR) is 102 cm³/mol. The van der Waals surface area contributed by atoms with Crippen LogP contribution in [0.3, 0.4) is 0 Å². The van der Waals surface area contributed by atoms with Crippen molar-refractivity contribution in [3.05, 3.63) is 23.8 Å². The van der Waals surface area contributed by atoms with Gasteiger partial charge < -0.3 is 4.74 Å². The molecule has 1 spiro atoms. The fraction of sp³-hybridized carbons (Fsp3) is 0.750. The molecule has 0 N–H and O–H groups in total. The van der Waals surface area contributed by atoms with Crippen LogP contribution in [0, 0.1) is 40.9 Å². The molecule has 0 aromatic rings. The third-order valence-corrected chi connectivity index (χ3v) is 9.57. The van der Waals surface area contributed by atoms with Crippen molar-refractivity contribution in [2.75, 3.05) is 0 Å². The van der Waals surface area contributed by atoms with Gasteiger partial charge in [-0.25, -0.2) is 4.79 Å². The van der Waals surface area contributed by atoms with Gasteiger partial charge in [0.1, 0.15) is 5.60 Å². The normalized spacial score (nSPS) is 50.9. The second-order valence-electron chi connectivity index (χ2n) is 10.5. The fourth-order valence-electron chi connectivity index (χ4n) is 8.22. The number of hydrogen-bond donors (Lipinski definition) is 0. The Labute approximate surface area is 161 Å². The first-order chi connectivity index (χ1) is 13.0. The van der Waals surface area contributed by atoms with E-state index in [1.165, 1.54) is 31.3 Å². The molecular formula is C24H30O3. The molecule has 1 aliphatic heterocycles. The van der Waals surface area contributed by atoms with E-state index in [-0.39, 0.29) is 17.0 Å². The highest BCUT2D eigenvalue weighted by Gasteiger charge is 2.66. The van der Waals surface area contributed by atoms with E-state index < -0.39 is 0 Å². The summed E-state index contributed by atoms with van der Waals surface area (Å²) in [6.45, 7) is 2.42. The summed E-state index contributed by atoms with van der Waals surface area (Å²) in [4.78, 5) is 24.0. The largest absolute Gasteiger partial charge is 0.451 e. The lowest BCUT2D eigenvalue weighted by molar-refractivity contribution is -0.163. The van der Waals surface area contributed by atoms with Crippen LogP contribution in [0.1, 0.15) is 64.7 Å². The maximum atomic E-state index is 12.1. The van der Waals surface area contributed by atoms with Crippen molar-refractivity contribution in [1.29, 1.82) is 0 Å². The average molecular weight is 367 g/mol. The monoisotopic (exact) mass is 366 g/mol. The van der Waals surface area contributed by atoms with Crippen LogP contribution in [0.15, 0.2) is 23.8 Å². The molecule has 0 amide bonds. The summed E-state index contributed by atoms with van der Waals surface area (Å²) in [6.07, 6.45) is 16.2. The van der Waals surface area contributed by atoms with Crippen LogP contribution in [-0.4, -0.2) is 17.4 Å². The summed E-state index contributed by atoms with van der Waals surface area (Å²) in [7, 11) is 0. The van der Waals surface area contributed by atoms with E-state index in [4.69, 9.17) is 4.74 Å². The molecule has 6 aliphatic rings. The van der Waals surface area contributed by atoms with Gasteiger partial charge >= 0.3 is 5.97 Å². The van der Waals surface area contributed by atoms with Crippen LogP contribution < -0.4 is 0 Å². The SMILES string of the molecule is C[C@]12CC[C@H]3[C@@H]([C@H](C4CC4)CC4=CC(=O)CC[C@@H]43)[C@@H]1CC[C@@]21C=CC(=O)O1. The molecule has 4 fully saturated rings. The number of carbonyl (C=O) groups is 2. The molecule has 27 heavy (non-hydrogen) atoms. The highest BCUT2D eigenvalue weighted by Crippen LogP contribution is 2.69. The minimum Gasteiger partial charge on any atom is -0.451 e. The Kier molecular flexibility index (Phi) is 3.29. The molecular weight excluding hydrogens is 336 g/mol. The van der Waals surface area contributed by atoms with Crippen molar-refractivity contribution in [2.24, 2.45) is 40.9 Å². The molecule has 0 radical (unpaired) electrons. The van der Waals surface area contributed by atoms with Gasteiger partial charge in [-0.15, -0.1) is 0 Å². The summed E-state index contributed by atoms with van der Waals surface area (Å²) >= 11 is 0. The number of carbonyl (C=O) groups excluding carboxylic acids is 2. The molecule has 0 unspecified atom stereocenters. The summed E-state index contributed by atoms with van der Waals surface area (Å²) in [5.41, 5.74) is 1.25. The molecule has 6 rings (SSSR count). The van der Waals surface area contributed by atoms with E-state index in [1.807, 2.05) is 6.08 Å². The quantitative estimate of drug-likeness (QED) is 0.636. The standard InChI is InChI=1S/C24H30O3/c1-23-9-6-18-17-5-4-16(25)12-15(17)13-19(14-2-3-14)22(18)20(23)7-10-24(23)11-8-21(26)27-24/h8,11-12,14,17-20,22H,2-7,9-10,13H2,1H3/t17-,18+,19-,20-,22-,23-,24+/m0/s1. The van der Waals surface area contributed by atoms with Gasteiger partial charge in [0.05, 0.1) is 0 Å². The van der Waals surface area contributed by atoms with Crippen LogP contribution in [0.4, 0.5) is 0 Å². The Morgan fingerprint density at radius 1 is 1.04 bits per heavy atom. The van der Waals surface area contributed by atoms with Crippen molar-refractivity contribution in [3.63, 3.8) is 0 Å². The number of hydrogen-bond acceptors (Lipinski definition) is 3. The highest BCUT2D eigenvalue weighted by atomic mass is 16.6. The third-order valence-electron chi connectivity index (χ3n) is 9.57. The molecule has 5 aliphatic carbocycles. The molecule has 1 heterocycles. The lowest BCUT2D eigenvalue weighted by atomic mass is 9.47. The number of ketones is 1. The molecule has 4 saturated carbocycles. The number of ether oxygens (including phenoxy) is 1. The van der Waals surface area contributed by atoms with Gasteiger partial charge in [0.15, 0.2) is 5.78 Å². The Hall–Kier alpha value is -1.38. The summed E-state index contributed by atoms with van der Waals surface area (Å²) in [5.74, 6) is 4.66. The first kappa shape index (κ1) is 16.6. The van der Waals surface area contributed by atoms with Gasteiger partial charge in [-0.3, -0.25) is 4.79 Å². The third kappa shape index (κ3) is 2.15. The Bertz CT molecular complexity index is 774. The number of fused-ring (bicyclic) bond motifs is 6. The van der Waals surface area contributed by atoms with E-state index in [9.17, 15) is 9.59 Å². The Balaban J connectivity index is 1.40. The second kappa shape index (κ2) is 5.36. The van der Waals surface area contributed by atoms with Gasteiger partial charge in [0.25, 0.3) is 0 Å². The van der Waals surface area contributed by atoms with E-state index in [1.54, 1.807) is 6.08 Å². The van der Waals surface area contributed by atoms with Crippen LogP contribution in [0.5, 0.6) is 0 Å². The fourth-order valence-corrected chi connectivity index (χ4v) is 8.22. The van der Waals surface area contributed by atoms with E-state index in [0.29, 0.717) is 17.6 Å². The number of allylic oxidation sites excluding steroid dienone is 1. The Morgan fingerprint density at radius 2 is 1.89 bits per heavy atom. The molecule has 0 bridgehead atoms. The first-order valence-corrected chi connectivity index (χ1v) is 11.2. The lowest BCUT2D eigenvalue weighted by Crippen LogP contribution is -2.54. The van der Waals surface area contributed by atoms with E-state index in [2.05, 4.69) is 13.0 Å². The Morgan fingerprint density at radius 3 is 2.63 bits per heavy atom. The topological polar surface area (TPSA) is 43.4 Å². The number of rotatable bonds is 1. The molecule has 0 saturated heterocycles. The van der Waals surface area contributed by atoms with Crippen molar-refractivity contribution in [1.82, 2.24) is 0 Å². The van der Waals surface area contributed by atoms with Crippen LogP contribution in [-0.2, 0) is 14.3 Å². The molecule has 3 heteroatoms. The van der Waals surface area contributed by atoms with Gasteiger partial charge in [-0.2, -0.15) is 0 Å². The minimum atomic E-state index is -0.341. The maximum Gasteiger partial charge on any atom is 0.331 e. The molecule has 0 aromatic heterocycles. The zero-order valence-electron chi connectivity index (χ0n) is 16.3. The zero-order valence-corrected chi connectivity index (χ0v) is 16.3. The maximum absolute atomic E-state index is 12.1. The van der Waals surface area contributed by atoms with Gasteiger partial charge in [-0.1, -0.05) is 12.5 Å². The highest BCUT2D eigenvalue weighted by molar-refractivity contribution is 5.91. The molecule has 144 valence electrons. The molecule has 3 nitrogen and oxygen atoms in total.